The Bertz CT molecular complexity index is 401. The molecule has 0 saturated carbocycles. The molecule has 1 aromatic carbocycles. The van der Waals surface area contributed by atoms with Crippen LogP contribution in [0.5, 0.6) is 5.75 Å². The SMILES string of the molecule is CCc1cc(OC)c(C(C)C(=O)O)cc1Cl. The van der Waals surface area contributed by atoms with Crippen molar-refractivity contribution in [1.82, 2.24) is 0 Å². The van der Waals surface area contributed by atoms with E-state index in [0.29, 0.717) is 16.3 Å². The van der Waals surface area contributed by atoms with Gasteiger partial charge < -0.3 is 9.84 Å². The zero-order chi connectivity index (χ0) is 12.3. The van der Waals surface area contributed by atoms with Gasteiger partial charge in [0.1, 0.15) is 5.75 Å². The van der Waals surface area contributed by atoms with E-state index in [9.17, 15) is 4.79 Å². The fourth-order valence-corrected chi connectivity index (χ4v) is 1.84. The summed E-state index contributed by atoms with van der Waals surface area (Å²) in [4.78, 5) is 10.9. The molecule has 1 rings (SSSR count). The highest BCUT2D eigenvalue weighted by Gasteiger charge is 2.19. The van der Waals surface area contributed by atoms with Crippen LogP contribution < -0.4 is 4.74 Å². The quantitative estimate of drug-likeness (QED) is 0.883. The standard InChI is InChI=1S/C12H15ClO3/c1-4-8-5-11(16-3)9(6-10(8)13)7(2)12(14)15/h5-7H,4H2,1-3H3,(H,14,15). The monoisotopic (exact) mass is 242 g/mol. The largest absolute Gasteiger partial charge is 0.496 e. The smallest absolute Gasteiger partial charge is 0.310 e. The maximum Gasteiger partial charge on any atom is 0.310 e. The van der Waals surface area contributed by atoms with E-state index in [-0.39, 0.29) is 0 Å². The topological polar surface area (TPSA) is 46.5 Å². The molecule has 0 amide bonds. The van der Waals surface area contributed by atoms with Gasteiger partial charge in [0.05, 0.1) is 13.0 Å². The van der Waals surface area contributed by atoms with Crippen molar-refractivity contribution < 1.29 is 14.6 Å². The van der Waals surface area contributed by atoms with Crippen LogP contribution in [0.1, 0.15) is 30.9 Å². The molecule has 0 radical (unpaired) electrons. The molecule has 0 aliphatic heterocycles. The number of methoxy groups -OCH3 is 1. The van der Waals surface area contributed by atoms with Gasteiger partial charge in [0.2, 0.25) is 0 Å². The molecule has 3 nitrogen and oxygen atoms in total. The molecule has 0 aliphatic carbocycles. The molecule has 16 heavy (non-hydrogen) atoms. The van der Waals surface area contributed by atoms with Crippen molar-refractivity contribution in [1.29, 1.82) is 0 Å². The number of ether oxygens (including phenoxy) is 1. The van der Waals surface area contributed by atoms with Crippen molar-refractivity contribution in [3.8, 4) is 5.75 Å². The summed E-state index contributed by atoms with van der Waals surface area (Å²) >= 11 is 6.06. The lowest BCUT2D eigenvalue weighted by atomic mass is 9.98. The molecule has 0 fully saturated rings. The molecule has 4 heteroatoms. The summed E-state index contributed by atoms with van der Waals surface area (Å²) in [6, 6.07) is 3.48. The second-order valence-corrected chi connectivity index (χ2v) is 4.01. The number of rotatable bonds is 4. The van der Waals surface area contributed by atoms with Gasteiger partial charge in [-0.1, -0.05) is 18.5 Å². The van der Waals surface area contributed by atoms with E-state index in [2.05, 4.69) is 0 Å². The summed E-state index contributed by atoms with van der Waals surface area (Å²) in [5, 5.41) is 9.56. The Morgan fingerprint density at radius 3 is 2.62 bits per heavy atom. The molecule has 0 saturated heterocycles. The predicted molar refractivity (Wildman–Crippen MR) is 63.4 cm³/mol. The van der Waals surface area contributed by atoms with E-state index < -0.39 is 11.9 Å². The van der Waals surface area contributed by atoms with Gasteiger partial charge >= 0.3 is 5.97 Å². The summed E-state index contributed by atoms with van der Waals surface area (Å²) in [6.07, 6.45) is 0.789. The van der Waals surface area contributed by atoms with E-state index in [1.807, 2.05) is 6.92 Å². The number of aryl methyl sites for hydroxylation is 1. The Kier molecular flexibility index (Phi) is 4.19. The van der Waals surface area contributed by atoms with E-state index >= 15 is 0 Å². The number of aliphatic carboxylic acids is 1. The normalized spacial score (nSPS) is 12.2. The molecule has 0 aliphatic rings. The van der Waals surface area contributed by atoms with Crippen molar-refractivity contribution in [2.45, 2.75) is 26.2 Å². The number of carboxylic acid groups (broad SMARTS) is 1. The van der Waals surface area contributed by atoms with Gasteiger partial charge in [-0.3, -0.25) is 4.79 Å². The van der Waals surface area contributed by atoms with Gasteiger partial charge in [0.25, 0.3) is 0 Å². The van der Waals surface area contributed by atoms with Crippen LogP contribution >= 0.6 is 11.6 Å². The zero-order valence-electron chi connectivity index (χ0n) is 9.58. The van der Waals surface area contributed by atoms with Crippen molar-refractivity contribution >= 4 is 17.6 Å². The number of carbonyl (C=O) groups is 1. The zero-order valence-corrected chi connectivity index (χ0v) is 10.3. The second-order valence-electron chi connectivity index (χ2n) is 3.60. The van der Waals surface area contributed by atoms with Gasteiger partial charge in [0, 0.05) is 10.6 Å². The first kappa shape index (κ1) is 12.8. The minimum absolute atomic E-state index is 0.580. The summed E-state index contributed by atoms with van der Waals surface area (Å²) in [7, 11) is 1.53. The lowest BCUT2D eigenvalue weighted by Gasteiger charge is -2.14. The van der Waals surface area contributed by atoms with Crippen LogP contribution in [-0.2, 0) is 11.2 Å². The minimum atomic E-state index is -0.890. The molecule has 0 bridgehead atoms. The average molecular weight is 243 g/mol. The Morgan fingerprint density at radius 1 is 1.56 bits per heavy atom. The van der Waals surface area contributed by atoms with Crippen LogP contribution in [0.4, 0.5) is 0 Å². The molecule has 0 spiro atoms. The number of benzene rings is 1. The molecule has 1 aromatic rings. The van der Waals surface area contributed by atoms with E-state index in [4.69, 9.17) is 21.4 Å². The molecule has 88 valence electrons. The van der Waals surface area contributed by atoms with E-state index in [1.54, 1.807) is 19.1 Å². The van der Waals surface area contributed by atoms with Crippen LogP contribution in [0.15, 0.2) is 12.1 Å². The highest BCUT2D eigenvalue weighted by molar-refractivity contribution is 6.31. The molecule has 1 atom stereocenters. The first-order chi connectivity index (χ1) is 7.51. The van der Waals surface area contributed by atoms with Crippen LogP contribution in [0.25, 0.3) is 0 Å². The number of hydrogen-bond acceptors (Lipinski definition) is 2. The van der Waals surface area contributed by atoms with Crippen LogP contribution in [0.2, 0.25) is 5.02 Å². The second kappa shape index (κ2) is 5.21. The number of hydrogen-bond donors (Lipinski definition) is 1. The third-order valence-corrected chi connectivity index (χ3v) is 2.97. The average Bonchev–Trinajstić information content (AvgIpc) is 2.27. The lowest BCUT2D eigenvalue weighted by molar-refractivity contribution is -0.138. The maximum absolute atomic E-state index is 10.9. The van der Waals surface area contributed by atoms with Crippen LogP contribution in [-0.4, -0.2) is 18.2 Å². The van der Waals surface area contributed by atoms with Gasteiger partial charge in [0.15, 0.2) is 0 Å². The molecule has 1 N–H and O–H groups in total. The van der Waals surface area contributed by atoms with E-state index in [1.165, 1.54) is 7.11 Å². The van der Waals surface area contributed by atoms with Crippen molar-refractivity contribution in [2.24, 2.45) is 0 Å². The predicted octanol–water partition coefficient (Wildman–Crippen LogP) is 3.10. The number of carboxylic acids is 1. The van der Waals surface area contributed by atoms with Crippen molar-refractivity contribution in [2.75, 3.05) is 7.11 Å². The van der Waals surface area contributed by atoms with Gasteiger partial charge in [-0.2, -0.15) is 0 Å². The molecule has 0 aromatic heterocycles. The van der Waals surface area contributed by atoms with Crippen molar-refractivity contribution in [3.63, 3.8) is 0 Å². The fraction of sp³-hybridized carbons (Fsp3) is 0.417. The third-order valence-electron chi connectivity index (χ3n) is 2.62. The van der Waals surface area contributed by atoms with Crippen LogP contribution in [0, 0.1) is 0 Å². The summed E-state index contributed by atoms with van der Waals surface area (Å²) in [6.45, 7) is 3.60. The maximum atomic E-state index is 10.9. The van der Waals surface area contributed by atoms with Gasteiger partial charge in [-0.25, -0.2) is 0 Å². The molecular weight excluding hydrogens is 228 g/mol. The van der Waals surface area contributed by atoms with Gasteiger partial charge in [-0.05, 0) is 31.0 Å². The highest BCUT2D eigenvalue weighted by Crippen LogP contribution is 2.32. The highest BCUT2D eigenvalue weighted by atomic mass is 35.5. The first-order valence-electron chi connectivity index (χ1n) is 5.10. The third kappa shape index (κ3) is 2.47. The minimum Gasteiger partial charge on any atom is -0.496 e. The van der Waals surface area contributed by atoms with Crippen LogP contribution in [0.3, 0.4) is 0 Å². The first-order valence-corrected chi connectivity index (χ1v) is 5.48. The Balaban J connectivity index is 3.28. The summed E-state index contributed by atoms with van der Waals surface area (Å²) in [5.74, 6) is -0.937. The molecule has 1 unspecified atom stereocenters. The fourth-order valence-electron chi connectivity index (χ4n) is 1.53. The number of halogens is 1. The summed E-state index contributed by atoms with van der Waals surface area (Å²) in [5.41, 5.74) is 1.57. The Labute approximate surface area is 100.0 Å². The van der Waals surface area contributed by atoms with Gasteiger partial charge in [-0.15, -0.1) is 0 Å². The Hall–Kier alpha value is -1.22. The Morgan fingerprint density at radius 2 is 2.19 bits per heavy atom. The summed E-state index contributed by atoms with van der Waals surface area (Å²) < 4.78 is 5.19. The van der Waals surface area contributed by atoms with E-state index in [0.717, 1.165) is 12.0 Å². The molecular formula is C12H15ClO3. The molecule has 0 heterocycles. The lowest BCUT2D eigenvalue weighted by Crippen LogP contribution is -2.09. The van der Waals surface area contributed by atoms with Crippen molar-refractivity contribution in [3.05, 3.63) is 28.3 Å².